The second-order valence-electron chi connectivity index (χ2n) is 8.78. The molecule has 2 rings (SSSR count). The molecule has 166 valence electrons. The Labute approximate surface area is 174 Å². The number of hydrogen-bond acceptors (Lipinski definition) is 5. The average molecular weight is 431 g/mol. The van der Waals surface area contributed by atoms with E-state index in [1.165, 1.54) is 19.4 Å². The van der Waals surface area contributed by atoms with Crippen LogP contribution in [0.2, 0.25) is 0 Å². The Bertz CT molecular complexity index is 751. The SMILES string of the molecule is C=N/C(=N\C=C(/C)F)[C@@]1(C)CC[C@H](OC[C@@H]2N[C@H](C)C[C@@H]2NS(C)(=O)=O)C[C@@H]1C. The molecule has 1 saturated carbocycles. The minimum absolute atomic E-state index is 0.0482. The fourth-order valence-corrected chi connectivity index (χ4v) is 5.20. The molecule has 9 heteroatoms. The van der Waals surface area contributed by atoms with E-state index < -0.39 is 10.0 Å². The number of halogens is 1. The van der Waals surface area contributed by atoms with Crippen molar-refractivity contribution in [3.63, 3.8) is 0 Å². The highest BCUT2D eigenvalue weighted by molar-refractivity contribution is 7.88. The largest absolute Gasteiger partial charge is 0.377 e. The summed E-state index contributed by atoms with van der Waals surface area (Å²) in [5.74, 6) is 0.429. The van der Waals surface area contributed by atoms with Crippen LogP contribution in [0.25, 0.3) is 0 Å². The molecular weight excluding hydrogens is 395 g/mol. The summed E-state index contributed by atoms with van der Waals surface area (Å²) in [6.45, 7) is 11.7. The molecule has 29 heavy (non-hydrogen) atoms. The van der Waals surface area contributed by atoms with Gasteiger partial charge in [-0.3, -0.25) is 0 Å². The van der Waals surface area contributed by atoms with Crippen molar-refractivity contribution in [3.8, 4) is 0 Å². The van der Waals surface area contributed by atoms with Gasteiger partial charge >= 0.3 is 0 Å². The van der Waals surface area contributed by atoms with Crippen LogP contribution >= 0.6 is 0 Å². The zero-order valence-electron chi connectivity index (χ0n) is 18.1. The number of sulfonamides is 1. The molecule has 6 atom stereocenters. The van der Waals surface area contributed by atoms with Crippen LogP contribution in [0.15, 0.2) is 22.0 Å². The molecule has 0 unspecified atom stereocenters. The Hall–Kier alpha value is -1.16. The fourth-order valence-electron chi connectivity index (χ4n) is 4.39. The standard InChI is InChI=1S/C20H35FN4O3S/c1-13-9-16(7-8-20(13,4)19(22-5)23-11-14(2)21)28-12-18-17(10-15(3)24-18)25-29(6,26)27/h11,13,15-18,24-25H,5,7-10,12H2,1-4,6H3/b14-11+,23-19-/t13-,15+,16-,17-,18-,20-/m0/s1. The normalized spacial score (nSPS) is 37.0. The average Bonchev–Trinajstić information content (AvgIpc) is 2.93. The van der Waals surface area contributed by atoms with E-state index in [-0.39, 0.29) is 41.4 Å². The van der Waals surface area contributed by atoms with E-state index in [0.717, 1.165) is 25.7 Å². The third-order valence-corrected chi connectivity index (χ3v) is 6.91. The summed E-state index contributed by atoms with van der Waals surface area (Å²) >= 11 is 0. The first-order valence-electron chi connectivity index (χ1n) is 10.2. The topological polar surface area (TPSA) is 92.2 Å². The van der Waals surface area contributed by atoms with Gasteiger partial charge in [0.2, 0.25) is 10.0 Å². The Kier molecular flexibility index (Phi) is 8.12. The van der Waals surface area contributed by atoms with E-state index in [1.54, 1.807) is 0 Å². The first-order chi connectivity index (χ1) is 13.4. The van der Waals surface area contributed by atoms with Crippen LogP contribution in [0.4, 0.5) is 4.39 Å². The molecule has 0 aromatic rings. The van der Waals surface area contributed by atoms with Gasteiger partial charge in [0.25, 0.3) is 0 Å². The molecule has 1 aliphatic heterocycles. The van der Waals surface area contributed by atoms with Crippen LogP contribution in [-0.4, -0.2) is 58.1 Å². The highest BCUT2D eigenvalue weighted by atomic mass is 32.2. The van der Waals surface area contributed by atoms with E-state index in [1.807, 2.05) is 6.92 Å². The molecule has 7 nitrogen and oxygen atoms in total. The predicted octanol–water partition coefficient (Wildman–Crippen LogP) is 2.80. The maximum atomic E-state index is 13.1. The molecule has 0 aromatic heterocycles. The molecule has 2 fully saturated rings. The molecule has 1 heterocycles. The summed E-state index contributed by atoms with van der Waals surface area (Å²) in [5.41, 5.74) is -0.284. The molecule has 0 radical (unpaired) electrons. The Balaban J connectivity index is 1.96. The van der Waals surface area contributed by atoms with Crippen molar-refractivity contribution >= 4 is 22.6 Å². The number of allylic oxidation sites excluding steroid dienone is 1. The summed E-state index contributed by atoms with van der Waals surface area (Å²) in [7, 11) is -3.26. The lowest BCUT2D eigenvalue weighted by Gasteiger charge is -2.42. The second-order valence-corrected chi connectivity index (χ2v) is 10.6. The first kappa shape index (κ1) is 24.1. The maximum Gasteiger partial charge on any atom is 0.209 e. The lowest BCUT2D eigenvalue weighted by atomic mass is 9.66. The van der Waals surface area contributed by atoms with E-state index in [4.69, 9.17) is 4.74 Å². The minimum atomic E-state index is -3.26. The number of nitrogens with one attached hydrogen (secondary N) is 2. The fraction of sp³-hybridized carbons (Fsp3) is 0.800. The van der Waals surface area contributed by atoms with Crippen molar-refractivity contribution in [2.45, 2.75) is 77.6 Å². The van der Waals surface area contributed by atoms with Crippen LogP contribution in [0, 0.1) is 11.3 Å². The lowest BCUT2D eigenvalue weighted by Crippen LogP contribution is -2.47. The number of nitrogens with zero attached hydrogens (tertiary/aromatic N) is 2. The maximum absolute atomic E-state index is 13.1. The zero-order valence-corrected chi connectivity index (χ0v) is 18.9. The van der Waals surface area contributed by atoms with Gasteiger partial charge in [-0.25, -0.2) is 27.5 Å². The molecule has 1 saturated heterocycles. The summed E-state index contributed by atoms with van der Waals surface area (Å²) in [6, 6.07) is 0.0274. The van der Waals surface area contributed by atoms with Crippen LogP contribution in [0.1, 0.15) is 53.4 Å². The van der Waals surface area contributed by atoms with Gasteiger partial charge in [0, 0.05) is 23.5 Å². The highest BCUT2D eigenvalue weighted by Crippen LogP contribution is 2.43. The van der Waals surface area contributed by atoms with Crippen LogP contribution in [0.3, 0.4) is 0 Å². The van der Waals surface area contributed by atoms with Crippen molar-refractivity contribution in [1.82, 2.24) is 10.0 Å². The monoisotopic (exact) mass is 430 g/mol. The third-order valence-electron chi connectivity index (χ3n) is 6.18. The second kappa shape index (κ2) is 9.76. The van der Waals surface area contributed by atoms with Crippen LogP contribution < -0.4 is 10.0 Å². The van der Waals surface area contributed by atoms with Crippen LogP contribution in [0.5, 0.6) is 0 Å². The molecular formula is C20H35FN4O3S. The molecule has 0 aromatic carbocycles. The Morgan fingerprint density at radius 2 is 2.10 bits per heavy atom. The number of ether oxygens (including phenoxy) is 1. The van der Waals surface area contributed by atoms with E-state index in [9.17, 15) is 12.8 Å². The summed E-state index contributed by atoms with van der Waals surface area (Å²) in [4.78, 5) is 8.27. The number of amidine groups is 1. The summed E-state index contributed by atoms with van der Waals surface area (Å²) in [6.07, 6.45) is 5.67. The van der Waals surface area contributed by atoms with Gasteiger partial charge in [0.05, 0.1) is 25.2 Å². The summed E-state index contributed by atoms with van der Waals surface area (Å²) in [5, 5.41) is 3.41. The summed E-state index contributed by atoms with van der Waals surface area (Å²) < 4.78 is 45.2. The lowest BCUT2D eigenvalue weighted by molar-refractivity contribution is -0.0175. The molecule has 1 aliphatic carbocycles. The Morgan fingerprint density at radius 3 is 2.66 bits per heavy atom. The highest BCUT2D eigenvalue weighted by Gasteiger charge is 2.42. The van der Waals surface area contributed by atoms with E-state index in [2.05, 4.69) is 40.6 Å². The van der Waals surface area contributed by atoms with Crippen molar-refractivity contribution in [1.29, 1.82) is 0 Å². The van der Waals surface area contributed by atoms with Gasteiger partial charge in [-0.2, -0.15) is 0 Å². The number of rotatable bonds is 7. The van der Waals surface area contributed by atoms with Crippen molar-refractivity contribution in [2.24, 2.45) is 21.3 Å². The van der Waals surface area contributed by atoms with Gasteiger partial charge in [0.15, 0.2) is 0 Å². The molecule has 2 aliphatic rings. The van der Waals surface area contributed by atoms with E-state index in [0.29, 0.717) is 12.4 Å². The smallest absolute Gasteiger partial charge is 0.209 e. The van der Waals surface area contributed by atoms with Crippen molar-refractivity contribution < 1.29 is 17.5 Å². The quantitative estimate of drug-likeness (QED) is 0.480. The van der Waals surface area contributed by atoms with E-state index >= 15 is 0 Å². The minimum Gasteiger partial charge on any atom is -0.377 e. The Morgan fingerprint density at radius 1 is 1.41 bits per heavy atom. The predicted molar refractivity (Wildman–Crippen MR) is 115 cm³/mol. The number of hydrogen-bond donors (Lipinski definition) is 2. The third kappa shape index (κ3) is 6.67. The zero-order chi connectivity index (χ0) is 21.8. The molecule has 0 spiro atoms. The van der Waals surface area contributed by atoms with Gasteiger partial charge in [-0.1, -0.05) is 13.8 Å². The van der Waals surface area contributed by atoms with Gasteiger partial charge in [-0.05, 0) is 52.2 Å². The van der Waals surface area contributed by atoms with Gasteiger partial charge in [0.1, 0.15) is 11.7 Å². The molecule has 0 amide bonds. The first-order valence-corrected chi connectivity index (χ1v) is 12.1. The molecule has 0 bridgehead atoms. The van der Waals surface area contributed by atoms with Crippen molar-refractivity contribution in [2.75, 3.05) is 12.9 Å². The molecule has 2 N–H and O–H groups in total. The number of aliphatic imine (C=N–C) groups is 2. The van der Waals surface area contributed by atoms with Crippen LogP contribution in [-0.2, 0) is 14.8 Å². The van der Waals surface area contributed by atoms with Gasteiger partial charge < -0.3 is 10.1 Å². The van der Waals surface area contributed by atoms with Crippen molar-refractivity contribution in [3.05, 3.63) is 12.0 Å². The van der Waals surface area contributed by atoms with Gasteiger partial charge in [-0.15, -0.1) is 0 Å².